The first kappa shape index (κ1) is 7.75. The number of hydrogen-bond donors (Lipinski definition) is 0. The van der Waals surface area contributed by atoms with Gasteiger partial charge in [-0.15, -0.1) is 0 Å². The second-order valence-corrected chi connectivity index (χ2v) is 2.97. The minimum absolute atomic E-state index is 0.658. The van der Waals surface area contributed by atoms with Crippen molar-refractivity contribution in [2.75, 3.05) is 0 Å². The van der Waals surface area contributed by atoms with Crippen molar-refractivity contribution in [3.63, 3.8) is 0 Å². The maximum Gasteiger partial charge on any atom is 0.0992 e. The molecule has 0 N–H and O–H groups in total. The number of pyridine rings is 1. The lowest BCUT2D eigenvalue weighted by molar-refractivity contribution is 1.25. The number of nitriles is 1. The van der Waals surface area contributed by atoms with Gasteiger partial charge in [-0.05, 0) is 25.1 Å². The second kappa shape index (κ2) is 2.87. The molecule has 0 saturated heterocycles. The van der Waals surface area contributed by atoms with Gasteiger partial charge in [0, 0.05) is 11.1 Å². The van der Waals surface area contributed by atoms with E-state index in [-0.39, 0.29) is 0 Å². The monoisotopic (exact) mass is 168 g/mol. The molecule has 2 nitrogen and oxygen atoms in total. The molecule has 2 rings (SSSR count). The zero-order valence-electron chi connectivity index (χ0n) is 7.28. The van der Waals surface area contributed by atoms with Crippen LogP contribution in [0.15, 0.2) is 30.3 Å². The summed E-state index contributed by atoms with van der Waals surface area (Å²) in [5.41, 5.74) is 2.52. The predicted octanol–water partition coefficient (Wildman–Crippen LogP) is 2.41. The van der Waals surface area contributed by atoms with Crippen molar-refractivity contribution in [3.05, 3.63) is 41.6 Å². The highest BCUT2D eigenvalue weighted by Crippen LogP contribution is 2.13. The number of fused-ring (bicyclic) bond motifs is 1. The van der Waals surface area contributed by atoms with Crippen LogP contribution in [0, 0.1) is 18.3 Å². The molecular weight excluding hydrogens is 160 g/mol. The summed E-state index contributed by atoms with van der Waals surface area (Å²) in [6.07, 6.45) is 0. The fourth-order valence-electron chi connectivity index (χ4n) is 1.29. The number of aromatic nitrogens is 1. The van der Waals surface area contributed by atoms with E-state index in [0.717, 1.165) is 16.6 Å². The van der Waals surface area contributed by atoms with Crippen LogP contribution < -0.4 is 0 Å². The summed E-state index contributed by atoms with van der Waals surface area (Å²) in [5.74, 6) is 0. The van der Waals surface area contributed by atoms with Gasteiger partial charge in [0.1, 0.15) is 0 Å². The summed E-state index contributed by atoms with van der Waals surface area (Å²) in [4.78, 5) is 4.33. The summed E-state index contributed by atoms with van der Waals surface area (Å²) in [6, 6.07) is 11.6. The Bertz CT molecular complexity index is 495. The Morgan fingerprint density at radius 2 is 2.00 bits per heavy atom. The van der Waals surface area contributed by atoms with E-state index in [1.165, 1.54) is 0 Å². The van der Waals surface area contributed by atoms with E-state index in [1.807, 2.05) is 31.2 Å². The first-order valence-corrected chi connectivity index (χ1v) is 4.07. The molecule has 0 radical (unpaired) electrons. The molecule has 0 aliphatic carbocycles. The first-order chi connectivity index (χ1) is 6.29. The Kier molecular flexibility index (Phi) is 1.71. The molecule has 1 heterocycles. The fraction of sp³-hybridized carbons (Fsp3) is 0.0909. The molecule has 2 aromatic rings. The molecule has 1 aromatic heterocycles. The van der Waals surface area contributed by atoms with E-state index >= 15 is 0 Å². The number of aryl methyl sites for hydroxylation is 1. The molecule has 0 aliphatic heterocycles. The standard InChI is InChI=1S/C11H8N2/c1-8-2-4-10-5-3-9(7-12)6-11(10)13-8/h2-6H,1H3. The number of nitrogens with zero attached hydrogens (tertiary/aromatic N) is 2. The average Bonchev–Trinajstić information content (AvgIpc) is 2.16. The van der Waals surface area contributed by atoms with Crippen LogP contribution in [0.2, 0.25) is 0 Å². The van der Waals surface area contributed by atoms with Crippen LogP contribution in [0.3, 0.4) is 0 Å². The molecule has 0 aliphatic rings. The lowest BCUT2D eigenvalue weighted by Gasteiger charge is -1.98. The molecular formula is C11H8N2. The van der Waals surface area contributed by atoms with E-state index in [4.69, 9.17) is 5.26 Å². The van der Waals surface area contributed by atoms with Crippen molar-refractivity contribution >= 4 is 10.9 Å². The van der Waals surface area contributed by atoms with Gasteiger partial charge in [-0.25, -0.2) is 0 Å². The quantitative estimate of drug-likeness (QED) is 0.605. The second-order valence-electron chi connectivity index (χ2n) is 2.97. The third kappa shape index (κ3) is 1.36. The molecule has 0 bridgehead atoms. The highest BCUT2D eigenvalue weighted by atomic mass is 14.7. The first-order valence-electron chi connectivity index (χ1n) is 4.07. The number of hydrogen-bond acceptors (Lipinski definition) is 2. The minimum Gasteiger partial charge on any atom is -0.253 e. The van der Waals surface area contributed by atoms with Gasteiger partial charge >= 0.3 is 0 Å². The highest BCUT2D eigenvalue weighted by Gasteiger charge is 1.96. The molecule has 0 unspecified atom stereocenters. The van der Waals surface area contributed by atoms with Gasteiger partial charge in [0.05, 0.1) is 17.1 Å². The van der Waals surface area contributed by atoms with Crippen molar-refractivity contribution in [1.82, 2.24) is 4.98 Å². The topological polar surface area (TPSA) is 36.7 Å². The van der Waals surface area contributed by atoms with Gasteiger partial charge in [0.15, 0.2) is 0 Å². The smallest absolute Gasteiger partial charge is 0.0992 e. The molecule has 13 heavy (non-hydrogen) atoms. The Morgan fingerprint density at radius 3 is 2.77 bits per heavy atom. The van der Waals surface area contributed by atoms with Gasteiger partial charge in [-0.1, -0.05) is 12.1 Å². The van der Waals surface area contributed by atoms with Crippen molar-refractivity contribution in [1.29, 1.82) is 5.26 Å². The Balaban J connectivity index is 2.77. The van der Waals surface area contributed by atoms with Crippen molar-refractivity contribution < 1.29 is 0 Å². The Hall–Kier alpha value is -1.88. The largest absolute Gasteiger partial charge is 0.253 e. The molecule has 1 aromatic carbocycles. The molecule has 0 amide bonds. The summed E-state index contributed by atoms with van der Waals surface area (Å²) >= 11 is 0. The van der Waals surface area contributed by atoms with Crippen molar-refractivity contribution in [2.45, 2.75) is 6.92 Å². The van der Waals surface area contributed by atoms with Crippen LogP contribution in [0.25, 0.3) is 10.9 Å². The van der Waals surface area contributed by atoms with Crippen LogP contribution in [0.1, 0.15) is 11.3 Å². The average molecular weight is 168 g/mol. The molecule has 0 fully saturated rings. The van der Waals surface area contributed by atoms with Gasteiger partial charge in [-0.2, -0.15) is 5.26 Å². The summed E-state index contributed by atoms with van der Waals surface area (Å²) in [6.45, 7) is 1.94. The van der Waals surface area contributed by atoms with Gasteiger partial charge in [-0.3, -0.25) is 4.98 Å². The SMILES string of the molecule is Cc1ccc2ccc(C#N)cc2n1. The van der Waals surface area contributed by atoms with Gasteiger partial charge in [0.25, 0.3) is 0 Å². The lowest BCUT2D eigenvalue weighted by Crippen LogP contribution is -1.83. The Labute approximate surface area is 76.5 Å². The molecule has 0 atom stereocenters. The summed E-state index contributed by atoms with van der Waals surface area (Å²) < 4.78 is 0. The van der Waals surface area contributed by atoms with Crippen molar-refractivity contribution in [2.24, 2.45) is 0 Å². The molecule has 2 heteroatoms. The molecule has 62 valence electrons. The molecule has 0 saturated carbocycles. The van der Waals surface area contributed by atoms with E-state index in [1.54, 1.807) is 6.07 Å². The van der Waals surface area contributed by atoms with E-state index in [2.05, 4.69) is 11.1 Å². The van der Waals surface area contributed by atoms with E-state index < -0.39 is 0 Å². The summed E-state index contributed by atoms with van der Waals surface area (Å²) in [5, 5.41) is 9.76. The van der Waals surface area contributed by atoms with Crippen LogP contribution >= 0.6 is 0 Å². The lowest BCUT2D eigenvalue weighted by atomic mass is 10.1. The van der Waals surface area contributed by atoms with Crippen LogP contribution in [0.5, 0.6) is 0 Å². The summed E-state index contributed by atoms with van der Waals surface area (Å²) in [7, 11) is 0. The zero-order valence-corrected chi connectivity index (χ0v) is 7.28. The van der Waals surface area contributed by atoms with Gasteiger partial charge < -0.3 is 0 Å². The maximum absolute atomic E-state index is 8.69. The number of rotatable bonds is 0. The van der Waals surface area contributed by atoms with Gasteiger partial charge in [0.2, 0.25) is 0 Å². The highest BCUT2D eigenvalue weighted by molar-refractivity contribution is 5.79. The third-order valence-electron chi connectivity index (χ3n) is 1.96. The number of benzene rings is 1. The fourth-order valence-corrected chi connectivity index (χ4v) is 1.29. The normalized spacial score (nSPS) is 9.85. The maximum atomic E-state index is 8.69. The van der Waals surface area contributed by atoms with Crippen LogP contribution in [0.4, 0.5) is 0 Å². The van der Waals surface area contributed by atoms with Crippen LogP contribution in [-0.2, 0) is 0 Å². The third-order valence-corrected chi connectivity index (χ3v) is 1.96. The predicted molar refractivity (Wildman–Crippen MR) is 51.2 cm³/mol. The van der Waals surface area contributed by atoms with Crippen molar-refractivity contribution in [3.8, 4) is 6.07 Å². The van der Waals surface area contributed by atoms with E-state index in [0.29, 0.717) is 5.56 Å². The molecule has 0 spiro atoms. The minimum atomic E-state index is 0.658. The zero-order chi connectivity index (χ0) is 9.26. The van der Waals surface area contributed by atoms with E-state index in [9.17, 15) is 0 Å². The van der Waals surface area contributed by atoms with Crippen LogP contribution in [-0.4, -0.2) is 4.98 Å². The Morgan fingerprint density at radius 1 is 1.23 bits per heavy atom.